The van der Waals surface area contributed by atoms with Crippen LogP contribution in [0, 0.1) is 5.92 Å². The fourth-order valence-corrected chi connectivity index (χ4v) is 3.43. The Morgan fingerprint density at radius 3 is 2.53 bits per heavy atom. The first-order valence-corrected chi connectivity index (χ1v) is 10.0. The summed E-state index contributed by atoms with van der Waals surface area (Å²) in [6.07, 6.45) is -1.62. The molecule has 1 aliphatic heterocycles. The minimum atomic E-state index is -1.44. The van der Waals surface area contributed by atoms with Crippen LogP contribution in [0.1, 0.15) is 30.6 Å². The average Bonchev–Trinajstić information content (AvgIpc) is 3.05. The number of cyclic esters (lactones) is 1. The van der Waals surface area contributed by atoms with E-state index in [-0.39, 0.29) is 23.7 Å². The number of aliphatic hydroxyl groups excluding tert-OH is 1. The van der Waals surface area contributed by atoms with Crippen LogP contribution in [0.4, 0.5) is 0 Å². The van der Waals surface area contributed by atoms with Crippen LogP contribution in [0.25, 0.3) is 10.8 Å². The molecular formula is C22H24N2O8. The normalized spacial score (nSPS) is 18.8. The van der Waals surface area contributed by atoms with Crippen molar-refractivity contribution in [2.75, 3.05) is 6.61 Å². The summed E-state index contributed by atoms with van der Waals surface area (Å²) in [6, 6.07) is 8.20. The molecule has 2 aromatic carbocycles. The van der Waals surface area contributed by atoms with E-state index in [1.807, 2.05) is 0 Å². The first kappa shape index (κ1) is 23.0. The van der Waals surface area contributed by atoms with Gasteiger partial charge < -0.3 is 30.3 Å². The van der Waals surface area contributed by atoms with Crippen LogP contribution in [0.3, 0.4) is 0 Å². The van der Waals surface area contributed by atoms with E-state index in [9.17, 15) is 29.4 Å². The van der Waals surface area contributed by atoms with Crippen LogP contribution < -0.4 is 15.4 Å². The molecule has 1 heterocycles. The Bertz CT molecular complexity index is 1050. The number of esters is 1. The standard InChI is InChI=1S/C22H24N2O8/c1-11(2)19(20(27)23-14-9-17(26)32-22(14)30)24-16(25)10-31-15-8-7-12-5-3-4-6-13(12)18(15)21(28)29/h3-8,11,14,19,22,30H,9-10H2,1-2H3,(H,23,27)(H,24,25)(H,28,29)/t14-,19?,22?/m0/s1. The van der Waals surface area contributed by atoms with E-state index in [1.54, 1.807) is 44.2 Å². The predicted octanol–water partition coefficient (Wildman–Crippen LogP) is 0.808. The second-order valence-electron chi connectivity index (χ2n) is 7.74. The Hall–Kier alpha value is -3.66. The molecule has 2 aromatic rings. The molecule has 2 amide bonds. The van der Waals surface area contributed by atoms with Crippen LogP contribution in [0.15, 0.2) is 36.4 Å². The summed E-state index contributed by atoms with van der Waals surface area (Å²) in [6.45, 7) is 2.91. The number of carbonyl (C=O) groups is 4. The van der Waals surface area contributed by atoms with Crippen LogP contribution in [0.2, 0.25) is 0 Å². The van der Waals surface area contributed by atoms with Crippen molar-refractivity contribution in [3.63, 3.8) is 0 Å². The van der Waals surface area contributed by atoms with E-state index >= 15 is 0 Å². The zero-order valence-electron chi connectivity index (χ0n) is 17.5. The highest BCUT2D eigenvalue weighted by Crippen LogP contribution is 2.28. The zero-order valence-corrected chi connectivity index (χ0v) is 17.5. The van der Waals surface area contributed by atoms with Crippen molar-refractivity contribution < 1.29 is 38.9 Å². The molecule has 0 saturated carbocycles. The number of carbonyl (C=O) groups excluding carboxylic acids is 3. The summed E-state index contributed by atoms with van der Waals surface area (Å²) < 4.78 is 10.1. The number of carboxylic acid groups (broad SMARTS) is 1. The topological polar surface area (TPSA) is 151 Å². The minimum absolute atomic E-state index is 0.0293. The maximum Gasteiger partial charge on any atom is 0.340 e. The van der Waals surface area contributed by atoms with Gasteiger partial charge in [-0.15, -0.1) is 0 Å². The van der Waals surface area contributed by atoms with Crippen molar-refractivity contribution >= 4 is 34.5 Å². The van der Waals surface area contributed by atoms with Gasteiger partial charge in [-0.05, 0) is 22.8 Å². The molecule has 0 spiro atoms. The fourth-order valence-electron chi connectivity index (χ4n) is 3.43. The van der Waals surface area contributed by atoms with Gasteiger partial charge in [0.05, 0.1) is 6.42 Å². The van der Waals surface area contributed by atoms with Crippen LogP contribution in [-0.2, 0) is 19.1 Å². The molecule has 3 atom stereocenters. The highest BCUT2D eigenvalue weighted by Gasteiger charge is 2.36. The van der Waals surface area contributed by atoms with Crippen molar-refractivity contribution in [2.45, 2.75) is 38.6 Å². The number of rotatable bonds is 8. The molecule has 10 heteroatoms. The van der Waals surface area contributed by atoms with Crippen molar-refractivity contribution in [1.82, 2.24) is 10.6 Å². The molecule has 10 nitrogen and oxygen atoms in total. The molecule has 1 aliphatic rings. The lowest BCUT2D eigenvalue weighted by atomic mass is 10.0. The van der Waals surface area contributed by atoms with E-state index in [1.165, 1.54) is 6.07 Å². The van der Waals surface area contributed by atoms with E-state index in [0.717, 1.165) is 5.39 Å². The smallest absolute Gasteiger partial charge is 0.340 e. The molecule has 0 bridgehead atoms. The number of aliphatic hydroxyl groups is 1. The van der Waals surface area contributed by atoms with Crippen LogP contribution in [-0.4, -0.2) is 58.9 Å². The van der Waals surface area contributed by atoms with Gasteiger partial charge in [0.25, 0.3) is 5.91 Å². The molecule has 0 aliphatic carbocycles. The maximum absolute atomic E-state index is 12.6. The Kier molecular flexibility index (Phi) is 6.94. The fraction of sp³-hybridized carbons (Fsp3) is 0.364. The maximum atomic E-state index is 12.6. The molecule has 0 aromatic heterocycles. The van der Waals surface area contributed by atoms with Gasteiger partial charge in [-0.1, -0.05) is 44.2 Å². The lowest BCUT2D eigenvalue weighted by Crippen LogP contribution is -2.54. The number of nitrogens with one attached hydrogen (secondary N) is 2. The Balaban J connectivity index is 1.66. The SMILES string of the molecule is CC(C)C(NC(=O)COc1ccc2ccccc2c1C(=O)O)C(=O)N[C@H]1CC(=O)OC1O. The number of hydrogen-bond donors (Lipinski definition) is 4. The third-order valence-corrected chi connectivity index (χ3v) is 5.04. The molecule has 0 radical (unpaired) electrons. The van der Waals surface area contributed by atoms with Gasteiger partial charge in [0, 0.05) is 0 Å². The Morgan fingerprint density at radius 1 is 1.19 bits per heavy atom. The summed E-state index contributed by atoms with van der Waals surface area (Å²) in [7, 11) is 0. The number of benzene rings is 2. The summed E-state index contributed by atoms with van der Waals surface area (Å²) in [5, 5.41) is 25.5. The highest BCUT2D eigenvalue weighted by molar-refractivity contribution is 6.06. The van der Waals surface area contributed by atoms with Crippen molar-refractivity contribution in [1.29, 1.82) is 0 Å². The van der Waals surface area contributed by atoms with E-state index < -0.39 is 48.7 Å². The third-order valence-electron chi connectivity index (χ3n) is 5.04. The van der Waals surface area contributed by atoms with Gasteiger partial charge in [-0.2, -0.15) is 0 Å². The zero-order chi connectivity index (χ0) is 23.4. The third kappa shape index (κ3) is 5.14. The monoisotopic (exact) mass is 444 g/mol. The molecule has 2 unspecified atom stereocenters. The van der Waals surface area contributed by atoms with E-state index in [0.29, 0.717) is 5.39 Å². The number of carboxylic acids is 1. The van der Waals surface area contributed by atoms with Gasteiger partial charge in [0.1, 0.15) is 23.4 Å². The molecule has 3 rings (SSSR count). The first-order chi connectivity index (χ1) is 15.2. The van der Waals surface area contributed by atoms with Crippen LogP contribution in [0.5, 0.6) is 5.75 Å². The van der Waals surface area contributed by atoms with Gasteiger partial charge in [-0.25, -0.2) is 4.79 Å². The number of hydrogen-bond acceptors (Lipinski definition) is 7. The van der Waals surface area contributed by atoms with E-state index in [4.69, 9.17) is 4.74 Å². The average molecular weight is 444 g/mol. The summed E-state index contributed by atoms with van der Waals surface area (Å²) >= 11 is 0. The number of ether oxygens (including phenoxy) is 2. The lowest BCUT2D eigenvalue weighted by Gasteiger charge is -2.24. The molecule has 32 heavy (non-hydrogen) atoms. The van der Waals surface area contributed by atoms with Gasteiger partial charge >= 0.3 is 11.9 Å². The number of amides is 2. The summed E-state index contributed by atoms with van der Waals surface area (Å²) in [4.78, 5) is 48.0. The Morgan fingerprint density at radius 2 is 1.91 bits per heavy atom. The second kappa shape index (κ2) is 9.65. The predicted molar refractivity (Wildman–Crippen MR) is 112 cm³/mol. The van der Waals surface area contributed by atoms with Crippen molar-refractivity contribution in [2.24, 2.45) is 5.92 Å². The Labute approximate surface area is 183 Å². The highest BCUT2D eigenvalue weighted by atomic mass is 16.6. The second-order valence-corrected chi connectivity index (χ2v) is 7.74. The molecule has 1 fully saturated rings. The molecule has 4 N–H and O–H groups in total. The number of fused-ring (bicyclic) bond motifs is 1. The quantitative estimate of drug-likeness (QED) is 0.437. The molecule has 1 saturated heterocycles. The first-order valence-electron chi connectivity index (χ1n) is 10.0. The van der Waals surface area contributed by atoms with Crippen LogP contribution >= 0.6 is 0 Å². The minimum Gasteiger partial charge on any atom is -0.483 e. The summed E-state index contributed by atoms with van der Waals surface area (Å²) in [5.41, 5.74) is -0.0612. The van der Waals surface area contributed by atoms with Crippen molar-refractivity contribution in [3.05, 3.63) is 42.0 Å². The lowest BCUT2D eigenvalue weighted by molar-refractivity contribution is -0.155. The van der Waals surface area contributed by atoms with Gasteiger partial charge in [0.15, 0.2) is 6.61 Å². The largest absolute Gasteiger partial charge is 0.483 e. The van der Waals surface area contributed by atoms with Gasteiger partial charge in [0.2, 0.25) is 12.2 Å². The molecular weight excluding hydrogens is 420 g/mol. The molecule has 170 valence electrons. The number of aromatic carboxylic acids is 1. The van der Waals surface area contributed by atoms with Crippen molar-refractivity contribution in [3.8, 4) is 5.75 Å². The summed E-state index contributed by atoms with van der Waals surface area (Å²) in [5.74, 6) is -3.34. The van der Waals surface area contributed by atoms with Gasteiger partial charge in [-0.3, -0.25) is 14.4 Å². The van der Waals surface area contributed by atoms with E-state index in [2.05, 4.69) is 15.4 Å².